The average molecular weight is 779 g/mol. The number of hydrogen-bond donors (Lipinski definition) is 0. The molecule has 3 heteroatoms. The molecule has 0 saturated carbocycles. The van der Waals surface area contributed by atoms with Crippen molar-refractivity contribution in [2.24, 2.45) is 0 Å². The summed E-state index contributed by atoms with van der Waals surface area (Å²) in [7, 11) is 0. The molecular weight excluding hydrogens is 741 g/mol. The van der Waals surface area contributed by atoms with Gasteiger partial charge in [0.15, 0.2) is 0 Å². The normalized spacial score (nSPS) is 11.6. The van der Waals surface area contributed by atoms with Gasteiger partial charge in [-0.1, -0.05) is 164 Å². The number of nitrogens with zero attached hydrogens (tertiary/aromatic N) is 2. The van der Waals surface area contributed by atoms with E-state index in [1.807, 2.05) is 0 Å². The second-order valence-corrected chi connectivity index (χ2v) is 15.7. The number of hydrogen-bond acceptors (Lipinski definition) is 2. The predicted molar refractivity (Wildman–Crippen MR) is 257 cm³/mol. The van der Waals surface area contributed by atoms with Gasteiger partial charge in [-0.3, -0.25) is 0 Å². The maximum Gasteiger partial charge on any atom is 0.136 e. The van der Waals surface area contributed by atoms with E-state index in [2.05, 4.69) is 240 Å². The Labute approximate surface area is 353 Å². The van der Waals surface area contributed by atoms with Crippen molar-refractivity contribution in [2.75, 3.05) is 4.90 Å². The van der Waals surface area contributed by atoms with E-state index in [1.54, 1.807) is 0 Å². The van der Waals surface area contributed by atoms with Crippen molar-refractivity contribution in [1.29, 1.82) is 0 Å². The van der Waals surface area contributed by atoms with Crippen molar-refractivity contribution in [3.8, 4) is 39.1 Å². The molecule has 0 unspecified atom stereocenters. The summed E-state index contributed by atoms with van der Waals surface area (Å²) in [5.74, 6) is 0. The van der Waals surface area contributed by atoms with Crippen LogP contribution in [0.2, 0.25) is 0 Å². The zero-order valence-corrected chi connectivity index (χ0v) is 33.2. The predicted octanol–water partition coefficient (Wildman–Crippen LogP) is 16.3. The van der Waals surface area contributed by atoms with E-state index in [0.29, 0.717) is 0 Å². The van der Waals surface area contributed by atoms with Gasteiger partial charge in [0.2, 0.25) is 0 Å². The van der Waals surface area contributed by atoms with Crippen LogP contribution in [0.15, 0.2) is 235 Å². The summed E-state index contributed by atoms with van der Waals surface area (Å²) in [6, 6.07) is 82.7. The number of fused-ring (bicyclic) bond motifs is 8. The van der Waals surface area contributed by atoms with Gasteiger partial charge < -0.3 is 13.9 Å². The smallest absolute Gasteiger partial charge is 0.136 e. The lowest BCUT2D eigenvalue weighted by atomic mass is 9.93. The van der Waals surface area contributed by atoms with Gasteiger partial charge >= 0.3 is 0 Å². The third-order valence-electron chi connectivity index (χ3n) is 12.2. The van der Waals surface area contributed by atoms with E-state index in [1.165, 1.54) is 55.0 Å². The summed E-state index contributed by atoms with van der Waals surface area (Å²) in [5.41, 5.74) is 15.5. The lowest BCUT2D eigenvalue weighted by Crippen LogP contribution is -2.09. The topological polar surface area (TPSA) is 21.3 Å². The van der Waals surface area contributed by atoms with E-state index in [4.69, 9.17) is 4.42 Å². The van der Waals surface area contributed by atoms with E-state index in [9.17, 15) is 0 Å². The van der Waals surface area contributed by atoms with Crippen molar-refractivity contribution < 1.29 is 4.42 Å². The van der Waals surface area contributed by atoms with E-state index in [0.717, 1.165) is 55.6 Å². The molecule has 0 spiro atoms. The van der Waals surface area contributed by atoms with Crippen LogP contribution in [-0.2, 0) is 0 Å². The van der Waals surface area contributed by atoms with Gasteiger partial charge in [-0.2, -0.15) is 0 Å². The molecule has 0 N–H and O–H groups in total. The Hall–Kier alpha value is -8.14. The fourth-order valence-corrected chi connectivity index (χ4v) is 9.39. The molecule has 12 aromatic rings. The molecule has 0 atom stereocenters. The average Bonchev–Trinajstić information content (AvgIpc) is 3.88. The molecule has 2 aromatic heterocycles. The Bertz CT molecular complexity index is 3470. The molecule has 2 heterocycles. The molecule has 10 aromatic carbocycles. The maximum absolute atomic E-state index is 6.86. The van der Waals surface area contributed by atoms with Crippen LogP contribution in [0, 0.1) is 0 Å². The molecule has 0 saturated heterocycles. The Balaban J connectivity index is 1.05. The minimum atomic E-state index is 0.858. The highest BCUT2D eigenvalue weighted by Gasteiger charge is 2.22. The maximum atomic E-state index is 6.86. The van der Waals surface area contributed by atoms with Crippen molar-refractivity contribution in [2.45, 2.75) is 0 Å². The van der Waals surface area contributed by atoms with Crippen LogP contribution >= 0.6 is 0 Å². The van der Waals surface area contributed by atoms with E-state index >= 15 is 0 Å². The van der Waals surface area contributed by atoms with Gasteiger partial charge in [-0.15, -0.1) is 0 Å². The van der Waals surface area contributed by atoms with Crippen molar-refractivity contribution in [3.05, 3.63) is 231 Å². The highest BCUT2D eigenvalue weighted by atomic mass is 16.3. The largest absolute Gasteiger partial charge is 0.456 e. The fourth-order valence-electron chi connectivity index (χ4n) is 9.39. The number of benzene rings is 10. The molecule has 0 aliphatic carbocycles. The Kier molecular flexibility index (Phi) is 8.17. The number of rotatable bonds is 7. The van der Waals surface area contributed by atoms with Crippen molar-refractivity contribution >= 4 is 71.6 Å². The third-order valence-corrected chi connectivity index (χ3v) is 12.2. The number of anilines is 3. The van der Waals surface area contributed by atoms with Crippen LogP contribution in [0.1, 0.15) is 0 Å². The molecule has 12 rings (SSSR count). The monoisotopic (exact) mass is 778 g/mol. The molecule has 0 aliphatic rings. The van der Waals surface area contributed by atoms with E-state index < -0.39 is 0 Å². The van der Waals surface area contributed by atoms with Crippen LogP contribution in [-0.4, -0.2) is 4.57 Å². The highest BCUT2D eigenvalue weighted by molar-refractivity contribution is 6.24. The first-order valence-corrected chi connectivity index (χ1v) is 20.8. The molecule has 0 aliphatic heterocycles. The summed E-state index contributed by atoms with van der Waals surface area (Å²) >= 11 is 0. The Morgan fingerprint density at radius 1 is 0.328 bits per heavy atom. The van der Waals surface area contributed by atoms with E-state index in [-0.39, 0.29) is 0 Å². The summed E-state index contributed by atoms with van der Waals surface area (Å²) in [6.45, 7) is 0. The van der Waals surface area contributed by atoms with Crippen LogP contribution in [0.3, 0.4) is 0 Å². The van der Waals surface area contributed by atoms with Gasteiger partial charge in [0.1, 0.15) is 11.2 Å². The van der Waals surface area contributed by atoms with Crippen LogP contribution in [0.4, 0.5) is 17.1 Å². The summed E-state index contributed by atoms with van der Waals surface area (Å²) in [6.07, 6.45) is 0. The first kappa shape index (κ1) is 34.9. The number of aromatic nitrogens is 1. The van der Waals surface area contributed by atoms with Crippen LogP contribution < -0.4 is 4.90 Å². The molecule has 3 nitrogen and oxygen atoms in total. The second kappa shape index (κ2) is 14.3. The first-order valence-electron chi connectivity index (χ1n) is 20.8. The van der Waals surface area contributed by atoms with Gasteiger partial charge in [-0.25, -0.2) is 0 Å². The van der Waals surface area contributed by atoms with Crippen LogP contribution in [0.5, 0.6) is 0 Å². The quantitative estimate of drug-likeness (QED) is 0.161. The highest BCUT2D eigenvalue weighted by Crippen LogP contribution is 2.46. The number of furan rings is 1. The SMILES string of the molecule is c1ccc(-c2ccc(N(c3ccc(-c4ccccc4)cc3)c3ccc4oc5cc(-c6cccc7c8ccccc8n(-c8ccccc8)c67)c6ccccc6c5c4c3)cc2)cc1. The minimum Gasteiger partial charge on any atom is -0.456 e. The fraction of sp³-hybridized carbons (Fsp3) is 0. The molecule has 0 fully saturated rings. The number of para-hydroxylation sites is 3. The Morgan fingerprint density at radius 3 is 1.51 bits per heavy atom. The molecular formula is C58H38N2O. The first-order chi connectivity index (χ1) is 30.3. The second-order valence-electron chi connectivity index (χ2n) is 15.7. The van der Waals surface area contributed by atoms with Gasteiger partial charge in [0, 0.05) is 49.9 Å². The molecule has 0 bridgehead atoms. The third kappa shape index (κ3) is 5.82. The lowest BCUT2D eigenvalue weighted by Gasteiger charge is -2.26. The minimum absolute atomic E-state index is 0.858. The van der Waals surface area contributed by atoms with Gasteiger partial charge in [0.05, 0.1) is 11.0 Å². The summed E-state index contributed by atoms with van der Waals surface area (Å²) in [4.78, 5) is 2.35. The zero-order valence-electron chi connectivity index (χ0n) is 33.2. The van der Waals surface area contributed by atoms with Gasteiger partial charge in [-0.05, 0) is 105 Å². The summed E-state index contributed by atoms with van der Waals surface area (Å²) in [5, 5.41) is 7.01. The molecule has 0 radical (unpaired) electrons. The van der Waals surface area contributed by atoms with Crippen LogP contribution in [0.25, 0.3) is 93.6 Å². The summed E-state index contributed by atoms with van der Waals surface area (Å²) < 4.78 is 9.27. The van der Waals surface area contributed by atoms with Crippen molar-refractivity contribution in [3.63, 3.8) is 0 Å². The zero-order chi connectivity index (χ0) is 40.3. The molecule has 61 heavy (non-hydrogen) atoms. The standard InChI is InChI=1S/C58H38N2O/c1-4-15-39(16-5-1)41-27-31-44(32-28-41)59(45-33-29-42(30-34-45)40-17-6-2-7-18-40)46-35-36-55-53(37-46)57-49-23-11-10-21-47(49)52(38-56(57)61-55)51-25-14-24-50-48-22-12-13-26-54(48)60(58(50)51)43-19-8-3-9-20-43/h1-38H. The molecule has 0 amide bonds. The lowest BCUT2D eigenvalue weighted by molar-refractivity contribution is 0.669. The van der Waals surface area contributed by atoms with Crippen molar-refractivity contribution in [1.82, 2.24) is 4.57 Å². The Morgan fingerprint density at radius 2 is 0.852 bits per heavy atom. The molecule has 286 valence electrons. The van der Waals surface area contributed by atoms with Gasteiger partial charge in [0.25, 0.3) is 0 Å².